The van der Waals surface area contributed by atoms with Gasteiger partial charge < -0.3 is 0 Å². The maximum Gasteiger partial charge on any atom is 0.441 e. The Bertz CT molecular complexity index is 613. The first-order chi connectivity index (χ1) is 8.74. The number of hydrogen-bond acceptors (Lipinski definition) is 3. The molecule has 1 heterocycles. The molecular weight excluding hydrogens is 252 g/mol. The van der Waals surface area contributed by atoms with Crippen LogP contribution in [0.3, 0.4) is 0 Å². The van der Waals surface area contributed by atoms with Crippen LogP contribution in [0.2, 0.25) is 5.02 Å². The van der Waals surface area contributed by atoms with Gasteiger partial charge in [0, 0.05) is 17.5 Å². The van der Waals surface area contributed by atoms with Crippen LogP contribution in [0.25, 0.3) is 0 Å². The summed E-state index contributed by atoms with van der Waals surface area (Å²) in [5.41, 5.74) is 1.11. The molecule has 0 atom stereocenters. The number of hydrogen-bond donors (Lipinski definition) is 0. The maximum atomic E-state index is 11.6. The zero-order valence-electron chi connectivity index (χ0n) is 9.80. The molecule has 0 unspecified atom stereocenters. The van der Waals surface area contributed by atoms with Gasteiger partial charge in [-0.25, -0.2) is 4.79 Å². The summed E-state index contributed by atoms with van der Waals surface area (Å²) in [4.78, 5) is 11.6. The van der Waals surface area contributed by atoms with Gasteiger partial charge >= 0.3 is 5.76 Å². The summed E-state index contributed by atoms with van der Waals surface area (Å²) in [5.74, 6) is 0.844. The highest BCUT2D eigenvalue weighted by Gasteiger charge is 2.30. The molecule has 1 aromatic carbocycles. The highest BCUT2D eigenvalue weighted by molar-refractivity contribution is 6.30. The van der Waals surface area contributed by atoms with Gasteiger partial charge in [0.15, 0.2) is 5.82 Å². The van der Waals surface area contributed by atoms with Gasteiger partial charge in [0.25, 0.3) is 0 Å². The zero-order valence-corrected chi connectivity index (χ0v) is 10.6. The highest BCUT2D eigenvalue weighted by atomic mass is 35.5. The van der Waals surface area contributed by atoms with E-state index in [-0.39, 0.29) is 5.76 Å². The van der Waals surface area contributed by atoms with Crippen LogP contribution in [0, 0.1) is 0 Å². The molecule has 0 radical (unpaired) electrons. The van der Waals surface area contributed by atoms with Crippen molar-refractivity contribution in [1.29, 1.82) is 0 Å². The molecule has 5 heteroatoms. The van der Waals surface area contributed by atoms with Crippen LogP contribution in [-0.4, -0.2) is 9.72 Å². The summed E-state index contributed by atoms with van der Waals surface area (Å²) in [6, 6.07) is 7.67. The molecule has 1 fully saturated rings. The minimum Gasteiger partial charge on any atom is -0.296 e. The first kappa shape index (κ1) is 11.5. The van der Waals surface area contributed by atoms with E-state index < -0.39 is 0 Å². The van der Waals surface area contributed by atoms with Crippen molar-refractivity contribution >= 4 is 11.6 Å². The van der Waals surface area contributed by atoms with Crippen molar-refractivity contribution in [2.45, 2.75) is 31.7 Å². The fourth-order valence-electron chi connectivity index (χ4n) is 2.05. The third kappa shape index (κ3) is 2.34. The number of aryl methyl sites for hydroxylation is 1. The van der Waals surface area contributed by atoms with E-state index in [9.17, 15) is 4.79 Å². The first-order valence-corrected chi connectivity index (χ1v) is 6.42. The normalized spacial score (nSPS) is 14.9. The topological polar surface area (TPSA) is 48.0 Å². The van der Waals surface area contributed by atoms with Crippen LogP contribution in [0.5, 0.6) is 0 Å². The maximum absolute atomic E-state index is 11.6. The average molecular weight is 265 g/mol. The Morgan fingerprint density at radius 1 is 1.44 bits per heavy atom. The van der Waals surface area contributed by atoms with Gasteiger partial charge in [-0.3, -0.25) is 9.09 Å². The second-order valence-electron chi connectivity index (χ2n) is 4.61. The molecule has 3 rings (SSSR count). The van der Waals surface area contributed by atoms with Gasteiger partial charge in [-0.1, -0.05) is 28.9 Å². The van der Waals surface area contributed by atoms with E-state index in [1.54, 1.807) is 4.57 Å². The fraction of sp³-hybridized carbons (Fsp3) is 0.385. The molecule has 0 saturated heterocycles. The number of halogens is 1. The summed E-state index contributed by atoms with van der Waals surface area (Å²) in [6.07, 6.45) is 2.95. The quantitative estimate of drug-likeness (QED) is 0.853. The Hall–Kier alpha value is -1.55. The molecule has 1 aliphatic carbocycles. The Balaban J connectivity index is 1.77. The minimum atomic E-state index is -0.362. The largest absolute Gasteiger partial charge is 0.441 e. The van der Waals surface area contributed by atoms with Crippen molar-refractivity contribution in [3.05, 3.63) is 51.2 Å². The number of benzene rings is 1. The fourth-order valence-corrected chi connectivity index (χ4v) is 2.27. The second kappa shape index (κ2) is 4.61. The van der Waals surface area contributed by atoms with Gasteiger partial charge in [-0.15, -0.1) is 0 Å². The molecule has 0 N–H and O–H groups in total. The summed E-state index contributed by atoms with van der Waals surface area (Å²) in [6.45, 7) is 0.592. The van der Waals surface area contributed by atoms with Gasteiger partial charge in [0.05, 0.1) is 0 Å². The summed E-state index contributed by atoms with van der Waals surface area (Å²) < 4.78 is 6.38. The van der Waals surface area contributed by atoms with E-state index in [1.807, 2.05) is 24.3 Å². The van der Waals surface area contributed by atoms with Crippen LogP contribution in [0.15, 0.2) is 33.6 Å². The standard InChI is InChI=1S/C13H13ClN2O2/c14-11-3-1-2-9(8-11)6-7-16-12(10-4-5-10)15-18-13(16)17/h1-3,8,10H,4-7H2. The molecule has 1 aliphatic rings. The van der Waals surface area contributed by atoms with Gasteiger partial charge in [0.2, 0.25) is 0 Å². The summed E-state index contributed by atoms with van der Waals surface area (Å²) in [7, 11) is 0. The molecule has 4 nitrogen and oxygen atoms in total. The van der Waals surface area contributed by atoms with Crippen molar-refractivity contribution in [3.63, 3.8) is 0 Å². The Morgan fingerprint density at radius 2 is 2.28 bits per heavy atom. The monoisotopic (exact) mass is 264 g/mol. The zero-order chi connectivity index (χ0) is 12.5. The molecule has 0 spiro atoms. The van der Waals surface area contributed by atoms with Crippen LogP contribution in [0.4, 0.5) is 0 Å². The third-order valence-electron chi connectivity index (χ3n) is 3.17. The molecule has 0 bridgehead atoms. The smallest absolute Gasteiger partial charge is 0.296 e. The summed E-state index contributed by atoms with van der Waals surface area (Å²) in [5, 5.41) is 4.57. The molecule has 2 aromatic rings. The van der Waals surface area contributed by atoms with Crippen LogP contribution in [-0.2, 0) is 13.0 Å². The van der Waals surface area contributed by atoms with Crippen LogP contribution >= 0.6 is 11.6 Å². The van der Waals surface area contributed by atoms with E-state index in [0.29, 0.717) is 17.5 Å². The van der Waals surface area contributed by atoms with Crippen molar-refractivity contribution in [2.24, 2.45) is 0 Å². The van der Waals surface area contributed by atoms with Crippen molar-refractivity contribution < 1.29 is 4.52 Å². The molecule has 0 amide bonds. The molecule has 18 heavy (non-hydrogen) atoms. The van der Waals surface area contributed by atoms with Crippen molar-refractivity contribution in [2.75, 3.05) is 0 Å². The molecular formula is C13H13ClN2O2. The SMILES string of the molecule is O=c1onc(C2CC2)n1CCc1cccc(Cl)c1. The van der Waals surface area contributed by atoms with E-state index in [4.69, 9.17) is 16.1 Å². The third-order valence-corrected chi connectivity index (χ3v) is 3.40. The van der Waals surface area contributed by atoms with Crippen LogP contribution in [0.1, 0.15) is 30.1 Å². The van der Waals surface area contributed by atoms with Crippen LogP contribution < -0.4 is 5.76 Å². The van der Waals surface area contributed by atoms with Crippen molar-refractivity contribution in [1.82, 2.24) is 9.72 Å². The van der Waals surface area contributed by atoms with Gasteiger partial charge in [-0.05, 0) is 37.0 Å². The number of nitrogens with zero attached hydrogens (tertiary/aromatic N) is 2. The first-order valence-electron chi connectivity index (χ1n) is 6.05. The van der Waals surface area contributed by atoms with E-state index >= 15 is 0 Å². The lowest BCUT2D eigenvalue weighted by atomic mass is 10.1. The van der Waals surface area contributed by atoms with Gasteiger partial charge in [-0.2, -0.15) is 0 Å². The minimum absolute atomic E-state index is 0.362. The number of rotatable bonds is 4. The lowest BCUT2D eigenvalue weighted by molar-refractivity contribution is 0.373. The predicted octanol–water partition coefficient (Wildman–Crippen LogP) is 2.61. The molecule has 1 aromatic heterocycles. The molecule has 0 aliphatic heterocycles. The van der Waals surface area contributed by atoms with E-state index in [2.05, 4.69) is 5.16 Å². The lowest BCUT2D eigenvalue weighted by Gasteiger charge is -2.04. The van der Waals surface area contributed by atoms with Crippen molar-refractivity contribution in [3.8, 4) is 0 Å². The Labute approximate surface area is 109 Å². The Morgan fingerprint density at radius 3 is 3.00 bits per heavy atom. The van der Waals surface area contributed by atoms with Gasteiger partial charge in [0.1, 0.15) is 0 Å². The molecule has 94 valence electrons. The summed E-state index contributed by atoms with van der Waals surface area (Å²) >= 11 is 5.93. The predicted molar refractivity (Wildman–Crippen MR) is 67.9 cm³/mol. The molecule has 1 saturated carbocycles. The average Bonchev–Trinajstić information content (AvgIpc) is 3.12. The Kier molecular flexibility index (Phi) is 2.96. The second-order valence-corrected chi connectivity index (χ2v) is 5.05. The van der Waals surface area contributed by atoms with E-state index in [1.165, 1.54) is 0 Å². The highest BCUT2D eigenvalue weighted by Crippen LogP contribution is 2.38. The number of aromatic nitrogens is 2. The van der Waals surface area contributed by atoms with E-state index in [0.717, 1.165) is 30.7 Å². The lowest BCUT2D eigenvalue weighted by Crippen LogP contribution is -2.18.